The summed E-state index contributed by atoms with van der Waals surface area (Å²) in [6, 6.07) is 6.11. The zero-order chi connectivity index (χ0) is 8.55. The first-order valence-electron chi connectivity index (χ1n) is 4.12. The zero-order valence-electron chi connectivity index (χ0n) is 7.01. The van der Waals surface area contributed by atoms with Crippen LogP contribution in [-0.2, 0) is 11.2 Å². The molecular weight excluding hydrogens is 172 g/mol. The number of ether oxygens (including phenoxy) is 1. The molecule has 1 nitrogen and oxygen atoms in total. The van der Waals surface area contributed by atoms with Crippen LogP contribution < -0.4 is 0 Å². The van der Waals surface area contributed by atoms with E-state index < -0.39 is 0 Å². The first-order chi connectivity index (χ1) is 5.75. The molecule has 1 saturated heterocycles. The number of halogens is 1. The summed E-state index contributed by atoms with van der Waals surface area (Å²) in [5.41, 5.74) is 2.47. The molecule has 0 saturated carbocycles. The second-order valence-electron chi connectivity index (χ2n) is 3.25. The van der Waals surface area contributed by atoms with E-state index in [1.54, 1.807) is 0 Å². The average Bonchev–Trinajstić information content (AvgIpc) is 2.81. The van der Waals surface area contributed by atoms with E-state index in [2.05, 4.69) is 13.0 Å². The number of hydrogen-bond acceptors (Lipinski definition) is 1. The molecule has 12 heavy (non-hydrogen) atoms. The van der Waals surface area contributed by atoms with Crippen LogP contribution in [0.25, 0.3) is 0 Å². The standard InChI is InChI=1S/C10H11ClO/c1-7-2-3-10(11)8(4-7)5-9-6-12-9/h2-4,9H,5-6H2,1H3. The van der Waals surface area contributed by atoms with Gasteiger partial charge in [0.05, 0.1) is 12.7 Å². The summed E-state index contributed by atoms with van der Waals surface area (Å²) >= 11 is 6.01. The molecule has 1 aromatic carbocycles. The summed E-state index contributed by atoms with van der Waals surface area (Å²) in [5.74, 6) is 0. The van der Waals surface area contributed by atoms with Crippen molar-refractivity contribution >= 4 is 11.6 Å². The van der Waals surface area contributed by atoms with Crippen LogP contribution in [0, 0.1) is 6.92 Å². The van der Waals surface area contributed by atoms with Crippen LogP contribution in [0.2, 0.25) is 5.02 Å². The molecule has 0 radical (unpaired) electrons. The van der Waals surface area contributed by atoms with Gasteiger partial charge < -0.3 is 4.74 Å². The Kier molecular flexibility index (Phi) is 2.07. The summed E-state index contributed by atoms with van der Waals surface area (Å²) in [6.45, 7) is 2.97. The highest BCUT2D eigenvalue weighted by molar-refractivity contribution is 6.31. The third kappa shape index (κ3) is 1.79. The molecule has 0 N–H and O–H groups in total. The Labute approximate surface area is 77.3 Å². The molecule has 64 valence electrons. The Balaban J connectivity index is 2.21. The average molecular weight is 183 g/mol. The van der Waals surface area contributed by atoms with E-state index in [-0.39, 0.29) is 0 Å². The van der Waals surface area contributed by atoms with Crippen LogP contribution in [-0.4, -0.2) is 12.7 Å². The predicted octanol–water partition coefficient (Wildman–Crippen LogP) is 2.59. The minimum absolute atomic E-state index is 0.421. The van der Waals surface area contributed by atoms with Crippen LogP contribution >= 0.6 is 11.6 Å². The molecule has 2 heteroatoms. The van der Waals surface area contributed by atoms with Crippen molar-refractivity contribution in [2.75, 3.05) is 6.61 Å². The quantitative estimate of drug-likeness (QED) is 0.641. The smallest absolute Gasteiger partial charge is 0.0850 e. The molecular formula is C10H11ClO. The van der Waals surface area contributed by atoms with Gasteiger partial charge in [0.25, 0.3) is 0 Å². The molecule has 1 atom stereocenters. The van der Waals surface area contributed by atoms with E-state index in [0.717, 1.165) is 18.1 Å². The molecule has 1 aliphatic heterocycles. The lowest BCUT2D eigenvalue weighted by atomic mass is 10.1. The van der Waals surface area contributed by atoms with E-state index in [0.29, 0.717) is 6.10 Å². The van der Waals surface area contributed by atoms with Gasteiger partial charge >= 0.3 is 0 Å². The maximum atomic E-state index is 6.01. The molecule has 0 aliphatic carbocycles. The Morgan fingerprint density at radius 1 is 1.58 bits per heavy atom. The van der Waals surface area contributed by atoms with Crippen LogP contribution in [0.3, 0.4) is 0 Å². The third-order valence-corrected chi connectivity index (χ3v) is 2.42. The van der Waals surface area contributed by atoms with E-state index in [1.165, 1.54) is 11.1 Å². The van der Waals surface area contributed by atoms with E-state index >= 15 is 0 Å². The first kappa shape index (κ1) is 8.09. The van der Waals surface area contributed by atoms with Gasteiger partial charge in [-0.25, -0.2) is 0 Å². The number of aryl methyl sites for hydroxylation is 1. The molecule has 0 aromatic heterocycles. The number of rotatable bonds is 2. The van der Waals surface area contributed by atoms with Crippen LogP contribution in [0.4, 0.5) is 0 Å². The monoisotopic (exact) mass is 182 g/mol. The van der Waals surface area contributed by atoms with Gasteiger partial charge in [-0.1, -0.05) is 29.3 Å². The van der Waals surface area contributed by atoms with Gasteiger partial charge in [-0.2, -0.15) is 0 Å². The lowest BCUT2D eigenvalue weighted by molar-refractivity contribution is 0.407. The fraction of sp³-hybridized carbons (Fsp3) is 0.400. The van der Waals surface area contributed by atoms with Crippen LogP contribution in [0.1, 0.15) is 11.1 Å². The van der Waals surface area contributed by atoms with Crippen molar-refractivity contribution < 1.29 is 4.74 Å². The normalized spacial score (nSPS) is 21.0. The SMILES string of the molecule is Cc1ccc(Cl)c(CC2CO2)c1. The highest BCUT2D eigenvalue weighted by Gasteiger charge is 2.23. The van der Waals surface area contributed by atoms with Crippen molar-refractivity contribution in [2.45, 2.75) is 19.4 Å². The minimum atomic E-state index is 0.421. The predicted molar refractivity (Wildman–Crippen MR) is 49.6 cm³/mol. The largest absolute Gasteiger partial charge is 0.373 e. The second-order valence-corrected chi connectivity index (χ2v) is 3.66. The molecule has 1 heterocycles. The Bertz CT molecular complexity index is 292. The molecule has 0 spiro atoms. The van der Waals surface area contributed by atoms with Gasteiger partial charge in [0.1, 0.15) is 0 Å². The molecule has 1 aromatic rings. The number of benzene rings is 1. The van der Waals surface area contributed by atoms with E-state index in [9.17, 15) is 0 Å². The lowest BCUT2D eigenvalue weighted by Gasteiger charge is -2.02. The maximum Gasteiger partial charge on any atom is 0.0850 e. The molecule has 2 rings (SSSR count). The van der Waals surface area contributed by atoms with E-state index in [1.807, 2.05) is 12.1 Å². The summed E-state index contributed by atoms with van der Waals surface area (Å²) in [5, 5.41) is 0.858. The van der Waals surface area contributed by atoms with Crippen molar-refractivity contribution in [1.82, 2.24) is 0 Å². The fourth-order valence-electron chi connectivity index (χ4n) is 1.29. The van der Waals surface area contributed by atoms with Gasteiger partial charge in [0.15, 0.2) is 0 Å². The first-order valence-corrected chi connectivity index (χ1v) is 4.50. The molecule has 0 bridgehead atoms. The Morgan fingerprint density at radius 2 is 2.33 bits per heavy atom. The maximum absolute atomic E-state index is 6.01. The molecule has 0 amide bonds. The molecule has 1 aliphatic rings. The van der Waals surface area contributed by atoms with Crippen LogP contribution in [0.15, 0.2) is 18.2 Å². The topological polar surface area (TPSA) is 12.5 Å². The van der Waals surface area contributed by atoms with Crippen molar-refractivity contribution in [2.24, 2.45) is 0 Å². The van der Waals surface area contributed by atoms with Gasteiger partial charge in [0, 0.05) is 11.4 Å². The van der Waals surface area contributed by atoms with Gasteiger partial charge in [-0.3, -0.25) is 0 Å². The minimum Gasteiger partial charge on any atom is -0.373 e. The number of hydrogen-bond donors (Lipinski definition) is 0. The summed E-state index contributed by atoms with van der Waals surface area (Å²) < 4.78 is 5.15. The fourth-order valence-corrected chi connectivity index (χ4v) is 1.49. The third-order valence-electron chi connectivity index (χ3n) is 2.05. The van der Waals surface area contributed by atoms with Gasteiger partial charge in [0.2, 0.25) is 0 Å². The highest BCUT2D eigenvalue weighted by Crippen LogP contribution is 2.23. The van der Waals surface area contributed by atoms with Crippen LogP contribution in [0.5, 0.6) is 0 Å². The highest BCUT2D eigenvalue weighted by atomic mass is 35.5. The Morgan fingerprint density at radius 3 is 3.00 bits per heavy atom. The summed E-state index contributed by atoms with van der Waals surface area (Å²) in [6.07, 6.45) is 1.38. The van der Waals surface area contributed by atoms with E-state index in [4.69, 9.17) is 16.3 Å². The van der Waals surface area contributed by atoms with Crippen molar-refractivity contribution in [3.8, 4) is 0 Å². The summed E-state index contributed by atoms with van der Waals surface area (Å²) in [7, 11) is 0. The van der Waals surface area contributed by atoms with Crippen molar-refractivity contribution in [1.29, 1.82) is 0 Å². The zero-order valence-corrected chi connectivity index (χ0v) is 7.77. The lowest BCUT2D eigenvalue weighted by Crippen LogP contribution is -1.94. The van der Waals surface area contributed by atoms with Gasteiger partial charge in [-0.05, 0) is 18.6 Å². The van der Waals surface area contributed by atoms with Gasteiger partial charge in [-0.15, -0.1) is 0 Å². The van der Waals surface area contributed by atoms with Crippen molar-refractivity contribution in [3.63, 3.8) is 0 Å². The Hall–Kier alpha value is -0.530. The molecule has 1 fully saturated rings. The van der Waals surface area contributed by atoms with Crippen molar-refractivity contribution in [3.05, 3.63) is 34.3 Å². The molecule has 1 unspecified atom stereocenters. The number of epoxide rings is 1. The second kappa shape index (κ2) is 3.08. The summed E-state index contributed by atoms with van der Waals surface area (Å²) in [4.78, 5) is 0.